The van der Waals surface area contributed by atoms with Gasteiger partial charge in [0.05, 0.1) is 16.9 Å². The maximum Gasteiger partial charge on any atom is 0.135 e. The number of anilines is 1. The lowest BCUT2D eigenvalue weighted by molar-refractivity contribution is 0.579. The molecule has 1 aliphatic heterocycles. The minimum absolute atomic E-state index is 0.739. The quantitative estimate of drug-likeness (QED) is 0.228. The molecule has 4 aromatic heterocycles. The second-order valence-corrected chi connectivity index (χ2v) is 10.3. The van der Waals surface area contributed by atoms with Crippen molar-refractivity contribution in [1.29, 1.82) is 0 Å². The first-order chi connectivity index (χ1) is 19.3. The largest absolute Gasteiger partial charge is 0.371 e. The fourth-order valence-corrected chi connectivity index (χ4v) is 5.60. The number of aromatic nitrogens is 5. The van der Waals surface area contributed by atoms with Crippen LogP contribution in [0.25, 0.3) is 44.6 Å². The van der Waals surface area contributed by atoms with Crippen molar-refractivity contribution in [3.63, 3.8) is 0 Å². The van der Waals surface area contributed by atoms with Gasteiger partial charge in [-0.2, -0.15) is 5.10 Å². The second kappa shape index (κ2) is 10.3. The summed E-state index contributed by atoms with van der Waals surface area (Å²) in [6, 6.07) is 25.4. The van der Waals surface area contributed by atoms with Crippen LogP contribution in [-0.2, 0) is 13.1 Å². The Morgan fingerprint density at radius 1 is 0.795 bits per heavy atom. The van der Waals surface area contributed by atoms with Crippen molar-refractivity contribution in [1.82, 2.24) is 30.5 Å². The van der Waals surface area contributed by atoms with Gasteiger partial charge in [0.15, 0.2) is 0 Å². The van der Waals surface area contributed by atoms with Gasteiger partial charge < -0.3 is 15.2 Å². The molecule has 6 aromatic rings. The maximum absolute atomic E-state index is 5.05. The van der Waals surface area contributed by atoms with Crippen molar-refractivity contribution in [3.8, 4) is 22.6 Å². The lowest BCUT2D eigenvalue weighted by Crippen LogP contribution is -2.29. The van der Waals surface area contributed by atoms with Gasteiger partial charge in [-0.15, -0.1) is 0 Å². The highest BCUT2D eigenvalue weighted by Crippen LogP contribution is 2.34. The molecule has 0 amide bonds. The highest BCUT2D eigenvalue weighted by molar-refractivity contribution is 5.99. The van der Waals surface area contributed by atoms with E-state index in [9.17, 15) is 0 Å². The summed E-state index contributed by atoms with van der Waals surface area (Å²) in [6.07, 6.45) is 7.62. The molecule has 0 aliphatic carbocycles. The molecule has 5 heterocycles. The molecule has 1 aliphatic rings. The molecule has 7 rings (SSSR count). The molecule has 0 radical (unpaired) electrons. The molecule has 0 atom stereocenters. The van der Waals surface area contributed by atoms with Crippen molar-refractivity contribution in [2.45, 2.75) is 32.4 Å². The average molecular weight is 514 g/mol. The second-order valence-electron chi connectivity index (χ2n) is 10.3. The zero-order valence-electron chi connectivity index (χ0n) is 21.8. The van der Waals surface area contributed by atoms with E-state index in [2.05, 4.69) is 91.0 Å². The van der Waals surface area contributed by atoms with Gasteiger partial charge in [0.1, 0.15) is 11.2 Å². The van der Waals surface area contributed by atoms with Crippen molar-refractivity contribution in [3.05, 3.63) is 96.3 Å². The molecule has 1 fully saturated rings. The minimum Gasteiger partial charge on any atom is -0.371 e. The molecule has 7 heteroatoms. The van der Waals surface area contributed by atoms with E-state index < -0.39 is 0 Å². The fraction of sp³-hybridized carbons (Fsp3) is 0.219. The normalized spacial score (nSPS) is 13.9. The molecule has 0 spiro atoms. The number of hydrogen-bond acceptors (Lipinski definition) is 5. The molecule has 0 unspecified atom stereocenters. The zero-order valence-corrected chi connectivity index (χ0v) is 21.8. The molecule has 0 saturated carbocycles. The summed E-state index contributed by atoms with van der Waals surface area (Å²) < 4.78 is 0. The minimum atomic E-state index is 0.739. The summed E-state index contributed by atoms with van der Waals surface area (Å²) in [5, 5.41) is 12.6. The molecular weight excluding hydrogens is 482 g/mol. The van der Waals surface area contributed by atoms with Gasteiger partial charge in [0, 0.05) is 60.7 Å². The zero-order chi connectivity index (χ0) is 26.0. The highest BCUT2D eigenvalue weighted by Gasteiger charge is 2.18. The molecule has 39 heavy (non-hydrogen) atoms. The van der Waals surface area contributed by atoms with Crippen molar-refractivity contribution < 1.29 is 0 Å². The van der Waals surface area contributed by atoms with Crippen LogP contribution in [0.3, 0.4) is 0 Å². The van der Waals surface area contributed by atoms with E-state index in [1.807, 2.05) is 24.5 Å². The number of nitrogens with zero attached hydrogens (tertiary/aromatic N) is 4. The topological polar surface area (TPSA) is 85.5 Å². The first-order valence-electron chi connectivity index (χ1n) is 13.7. The third-order valence-corrected chi connectivity index (χ3v) is 7.59. The molecule has 3 N–H and O–H groups in total. The van der Waals surface area contributed by atoms with Gasteiger partial charge >= 0.3 is 0 Å². The van der Waals surface area contributed by atoms with E-state index in [1.54, 1.807) is 0 Å². The number of hydrogen-bond donors (Lipinski definition) is 3. The SMILES string of the molecule is c1ccc(CNCc2cncc(-c3ccc4[nH]nc(-c5cc6c(N7CCCCC7)cccc6[nH]5)c4n3)c2)cc1. The third-order valence-electron chi connectivity index (χ3n) is 7.59. The van der Waals surface area contributed by atoms with Crippen LogP contribution in [-0.4, -0.2) is 38.2 Å². The summed E-state index contributed by atoms with van der Waals surface area (Å²) >= 11 is 0. The summed E-state index contributed by atoms with van der Waals surface area (Å²) in [7, 11) is 0. The lowest BCUT2D eigenvalue weighted by atomic mass is 10.1. The Morgan fingerprint density at radius 2 is 1.67 bits per heavy atom. The Labute approximate surface area is 227 Å². The number of benzene rings is 2. The molecular formula is C32H31N7. The maximum atomic E-state index is 5.05. The van der Waals surface area contributed by atoms with Crippen molar-refractivity contribution in [2.24, 2.45) is 0 Å². The van der Waals surface area contributed by atoms with Gasteiger partial charge in [-0.1, -0.05) is 36.4 Å². The molecule has 2 aromatic carbocycles. The van der Waals surface area contributed by atoms with Gasteiger partial charge in [0.2, 0.25) is 0 Å². The van der Waals surface area contributed by atoms with Crippen LogP contribution in [0.4, 0.5) is 5.69 Å². The third kappa shape index (κ3) is 4.77. The molecule has 194 valence electrons. The Balaban J connectivity index is 1.18. The summed E-state index contributed by atoms with van der Waals surface area (Å²) in [4.78, 5) is 15.7. The van der Waals surface area contributed by atoms with E-state index in [0.29, 0.717) is 0 Å². The monoisotopic (exact) mass is 513 g/mol. The van der Waals surface area contributed by atoms with E-state index in [1.165, 1.54) is 35.9 Å². The van der Waals surface area contributed by atoms with Crippen LogP contribution >= 0.6 is 0 Å². The number of nitrogens with one attached hydrogen (secondary N) is 3. The Bertz CT molecular complexity index is 1730. The van der Waals surface area contributed by atoms with Gasteiger partial charge in [0.25, 0.3) is 0 Å². The Hall–Kier alpha value is -4.49. The van der Waals surface area contributed by atoms with Crippen LogP contribution in [0.1, 0.15) is 30.4 Å². The Kier molecular flexibility index (Phi) is 6.26. The van der Waals surface area contributed by atoms with Crippen LogP contribution in [0.2, 0.25) is 0 Å². The molecule has 7 nitrogen and oxygen atoms in total. The first-order valence-corrected chi connectivity index (χ1v) is 13.7. The number of fused-ring (bicyclic) bond motifs is 2. The summed E-state index contributed by atoms with van der Waals surface area (Å²) in [6.45, 7) is 3.79. The van der Waals surface area contributed by atoms with Crippen LogP contribution < -0.4 is 10.2 Å². The molecule has 0 bridgehead atoms. The average Bonchev–Trinajstić information content (AvgIpc) is 3.62. The van der Waals surface area contributed by atoms with E-state index in [-0.39, 0.29) is 0 Å². The summed E-state index contributed by atoms with van der Waals surface area (Å²) in [5.41, 5.74) is 10.3. The van der Waals surface area contributed by atoms with Crippen molar-refractivity contribution >= 4 is 27.6 Å². The number of piperidine rings is 1. The first kappa shape index (κ1) is 23.6. The van der Waals surface area contributed by atoms with E-state index >= 15 is 0 Å². The van der Waals surface area contributed by atoms with E-state index in [4.69, 9.17) is 4.98 Å². The van der Waals surface area contributed by atoms with Crippen molar-refractivity contribution in [2.75, 3.05) is 18.0 Å². The van der Waals surface area contributed by atoms with Crippen LogP contribution in [0.15, 0.2) is 85.2 Å². The Morgan fingerprint density at radius 3 is 2.56 bits per heavy atom. The number of aromatic amines is 2. The fourth-order valence-electron chi connectivity index (χ4n) is 5.60. The predicted octanol–water partition coefficient (Wildman–Crippen LogP) is 6.45. The van der Waals surface area contributed by atoms with Gasteiger partial charge in [-0.25, -0.2) is 4.98 Å². The standard InChI is InChI=1S/C32H31N7/c1-3-8-22(9-4-1)18-33-19-23-16-24(21-34-20-23)26-12-13-28-31(36-26)32(38-37-28)29-17-25-27(35-29)10-7-11-30(25)39-14-5-2-6-15-39/h1,3-4,7-13,16-17,20-21,33,35H,2,5-6,14-15,18-19H2,(H,37,38). The highest BCUT2D eigenvalue weighted by atomic mass is 15.1. The van der Waals surface area contributed by atoms with E-state index in [0.717, 1.165) is 70.9 Å². The van der Waals surface area contributed by atoms with Gasteiger partial charge in [-0.3, -0.25) is 10.1 Å². The smallest absolute Gasteiger partial charge is 0.135 e. The number of pyridine rings is 2. The number of rotatable bonds is 7. The van der Waals surface area contributed by atoms with Crippen LogP contribution in [0, 0.1) is 0 Å². The molecule has 1 saturated heterocycles. The summed E-state index contributed by atoms with van der Waals surface area (Å²) in [5.74, 6) is 0. The lowest BCUT2D eigenvalue weighted by Gasteiger charge is -2.29. The van der Waals surface area contributed by atoms with Crippen LogP contribution in [0.5, 0.6) is 0 Å². The van der Waals surface area contributed by atoms with Gasteiger partial charge in [-0.05, 0) is 66.8 Å². The number of H-pyrrole nitrogens is 2. The predicted molar refractivity (Wildman–Crippen MR) is 157 cm³/mol.